The molecule has 1 heterocycles. The molecule has 116 valence electrons. The van der Waals surface area contributed by atoms with Crippen LogP contribution >= 0.6 is 0 Å². The smallest absolute Gasteiger partial charge is 0.265 e. The van der Waals surface area contributed by atoms with Crippen molar-refractivity contribution in [1.29, 1.82) is 0 Å². The standard InChI is InChI=1S/C20H20N2O/c1-15-8-10-17(11-9-15)12-13-19-14-16(2)21-20(23)22(19)18-6-4-3-5-7-18/h3-11,14H,12-13H2,1-2H3. The van der Waals surface area contributed by atoms with Gasteiger partial charge in [-0.3, -0.25) is 4.57 Å². The summed E-state index contributed by atoms with van der Waals surface area (Å²) in [5.74, 6) is 0. The minimum Gasteiger partial charge on any atom is -0.265 e. The van der Waals surface area contributed by atoms with E-state index in [1.54, 1.807) is 4.57 Å². The Morgan fingerprint density at radius 1 is 0.913 bits per heavy atom. The van der Waals surface area contributed by atoms with Crippen LogP contribution in [0.2, 0.25) is 0 Å². The first kappa shape index (κ1) is 15.2. The maximum absolute atomic E-state index is 12.4. The van der Waals surface area contributed by atoms with Gasteiger partial charge in [0, 0.05) is 11.4 Å². The predicted molar refractivity (Wildman–Crippen MR) is 93.2 cm³/mol. The highest BCUT2D eigenvalue weighted by Gasteiger charge is 2.09. The van der Waals surface area contributed by atoms with Gasteiger partial charge in [-0.05, 0) is 50.5 Å². The fourth-order valence-corrected chi connectivity index (χ4v) is 2.73. The van der Waals surface area contributed by atoms with E-state index in [0.29, 0.717) is 0 Å². The molecule has 0 unspecified atom stereocenters. The van der Waals surface area contributed by atoms with Gasteiger partial charge in [-0.15, -0.1) is 0 Å². The molecule has 0 spiro atoms. The third kappa shape index (κ3) is 3.57. The van der Waals surface area contributed by atoms with E-state index >= 15 is 0 Å². The Labute approximate surface area is 136 Å². The summed E-state index contributed by atoms with van der Waals surface area (Å²) < 4.78 is 1.71. The molecule has 0 aliphatic carbocycles. The van der Waals surface area contributed by atoms with Crippen LogP contribution in [0.4, 0.5) is 0 Å². The molecule has 3 nitrogen and oxygen atoms in total. The van der Waals surface area contributed by atoms with Gasteiger partial charge in [0.1, 0.15) is 0 Å². The zero-order chi connectivity index (χ0) is 16.2. The maximum atomic E-state index is 12.4. The van der Waals surface area contributed by atoms with Crippen molar-refractivity contribution in [3.8, 4) is 5.69 Å². The summed E-state index contributed by atoms with van der Waals surface area (Å²) in [4.78, 5) is 16.5. The van der Waals surface area contributed by atoms with Crippen LogP contribution < -0.4 is 5.69 Å². The number of rotatable bonds is 4. The highest BCUT2D eigenvalue weighted by molar-refractivity contribution is 5.34. The summed E-state index contributed by atoms with van der Waals surface area (Å²) in [5.41, 5.74) is 4.95. The Balaban J connectivity index is 1.95. The highest BCUT2D eigenvalue weighted by atomic mass is 16.1. The number of aryl methyl sites for hydroxylation is 4. The molecule has 0 amide bonds. The first-order chi connectivity index (χ1) is 11.1. The van der Waals surface area contributed by atoms with Crippen molar-refractivity contribution in [2.75, 3.05) is 0 Å². The minimum atomic E-state index is -0.213. The van der Waals surface area contributed by atoms with Crippen molar-refractivity contribution in [2.24, 2.45) is 0 Å². The molecule has 0 aliphatic heterocycles. The summed E-state index contributed by atoms with van der Waals surface area (Å²) in [6.07, 6.45) is 1.70. The van der Waals surface area contributed by atoms with E-state index in [0.717, 1.165) is 29.9 Å². The van der Waals surface area contributed by atoms with Crippen molar-refractivity contribution < 1.29 is 0 Å². The zero-order valence-corrected chi connectivity index (χ0v) is 13.5. The molecule has 0 N–H and O–H groups in total. The Morgan fingerprint density at radius 2 is 1.61 bits per heavy atom. The van der Waals surface area contributed by atoms with Gasteiger partial charge in [0.15, 0.2) is 0 Å². The van der Waals surface area contributed by atoms with Crippen LogP contribution in [0.1, 0.15) is 22.5 Å². The molecule has 0 saturated heterocycles. The number of hydrogen-bond acceptors (Lipinski definition) is 2. The van der Waals surface area contributed by atoms with E-state index in [1.807, 2.05) is 43.3 Å². The molecule has 0 bridgehead atoms. The third-order valence-electron chi connectivity index (χ3n) is 3.93. The topological polar surface area (TPSA) is 34.9 Å². The van der Waals surface area contributed by atoms with Gasteiger partial charge in [0.2, 0.25) is 0 Å². The summed E-state index contributed by atoms with van der Waals surface area (Å²) in [7, 11) is 0. The Bertz CT molecular complexity index is 849. The van der Waals surface area contributed by atoms with Crippen LogP contribution in [-0.2, 0) is 12.8 Å². The van der Waals surface area contributed by atoms with Gasteiger partial charge in [0.05, 0.1) is 5.69 Å². The number of hydrogen-bond donors (Lipinski definition) is 0. The first-order valence-electron chi connectivity index (χ1n) is 7.84. The average Bonchev–Trinajstić information content (AvgIpc) is 2.54. The molecule has 0 fully saturated rings. The van der Waals surface area contributed by atoms with E-state index in [1.165, 1.54) is 11.1 Å². The summed E-state index contributed by atoms with van der Waals surface area (Å²) in [5, 5.41) is 0. The number of para-hydroxylation sites is 1. The fourth-order valence-electron chi connectivity index (χ4n) is 2.73. The molecule has 2 aromatic carbocycles. The van der Waals surface area contributed by atoms with Crippen molar-refractivity contribution in [3.63, 3.8) is 0 Å². The van der Waals surface area contributed by atoms with Crippen molar-refractivity contribution >= 4 is 0 Å². The normalized spacial score (nSPS) is 10.7. The molecule has 1 aromatic heterocycles. The molecular weight excluding hydrogens is 284 g/mol. The predicted octanol–water partition coefficient (Wildman–Crippen LogP) is 3.63. The van der Waals surface area contributed by atoms with Crippen LogP contribution in [0.25, 0.3) is 5.69 Å². The molecule has 3 heteroatoms. The quantitative estimate of drug-likeness (QED) is 0.737. The maximum Gasteiger partial charge on any atom is 0.352 e. The number of aromatic nitrogens is 2. The summed E-state index contributed by atoms with van der Waals surface area (Å²) in [6.45, 7) is 3.95. The molecule has 3 aromatic rings. The van der Waals surface area contributed by atoms with E-state index in [9.17, 15) is 4.79 Å². The molecule has 0 radical (unpaired) electrons. The Kier molecular flexibility index (Phi) is 4.38. The molecule has 0 saturated carbocycles. The molecule has 0 aliphatic rings. The third-order valence-corrected chi connectivity index (χ3v) is 3.93. The zero-order valence-electron chi connectivity index (χ0n) is 13.5. The molecule has 0 atom stereocenters. The Hall–Kier alpha value is -2.68. The van der Waals surface area contributed by atoms with Gasteiger partial charge < -0.3 is 0 Å². The summed E-state index contributed by atoms with van der Waals surface area (Å²) in [6, 6.07) is 20.2. The minimum absolute atomic E-state index is 0.213. The van der Waals surface area contributed by atoms with Crippen molar-refractivity contribution in [3.05, 3.63) is 93.7 Å². The molecule has 23 heavy (non-hydrogen) atoms. The largest absolute Gasteiger partial charge is 0.352 e. The van der Waals surface area contributed by atoms with Gasteiger partial charge in [-0.1, -0.05) is 48.0 Å². The van der Waals surface area contributed by atoms with Crippen molar-refractivity contribution in [2.45, 2.75) is 26.7 Å². The van der Waals surface area contributed by atoms with Crippen molar-refractivity contribution in [1.82, 2.24) is 9.55 Å². The van der Waals surface area contributed by atoms with E-state index < -0.39 is 0 Å². The Morgan fingerprint density at radius 3 is 2.30 bits per heavy atom. The SMILES string of the molecule is Cc1ccc(CCc2cc(C)nc(=O)n2-c2ccccc2)cc1. The lowest BCUT2D eigenvalue weighted by molar-refractivity contribution is 0.786. The van der Waals surface area contributed by atoms with Crippen LogP contribution in [0.3, 0.4) is 0 Å². The monoisotopic (exact) mass is 304 g/mol. The van der Waals surface area contributed by atoms with Crippen LogP contribution in [0.15, 0.2) is 65.5 Å². The summed E-state index contributed by atoms with van der Waals surface area (Å²) >= 11 is 0. The number of benzene rings is 2. The lowest BCUT2D eigenvalue weighted by atomic mass is 10.1. The second-order valence-electron chi connectivity index (χ2n) is 5.83. The van der Waals surface area contributed by atoms with Crippen LogP contribution in [0, 0.1) is 13.8 Å². The van der Waals surface area contributed by atoms with E-state index in [4.69, 9.17) is 0 Å². The average molecular weight is 304 g/mol. The highest BCUT2D eigenvalue weighted by Crippen LogP contribution is 2.13. The molecular formula is C20H20N2O. The second-order valence-corrected chi connectivity index (χ2v) is 5.83. The van der Waals surface area contributed by atoms with E-state index in [2.05, 4.69) is 36.2 Å². The van der Waals surface area contributed by atoms with E-state index in [-0.39, 0.29) is 5.69 Å². The van der Waals surface area contributed by atoms with Gasteiger partial charge in [0.25, 0.3) is 0 Å². The lowest BCUT2D eigenvalue weighted by Crippen LogP contribution is -2.25. The number of nitrogens with zero attached hydrogens (tertiary/aromatic N) is 2. The van der Waals surface area contributed by atoms with Gasteiger partial charge in [-0.25, -0.2) is 4.79 Å². The fraction of sp³-hybridized carbons (Fsp3) is 0.200. The second kappa shape index (κ2) is 6.61. The molecule has 3 rings (SSSR count). The van der Waals surface area contributed by atoms with Crippen LogP contribution in [-0.4, -0.2) is 9.55 Å². The van der Waals surface area contributed by atoms with Gasteiger partial charge in [-0.2, -0.15) is 4.98 Å². The van der Waals surface area contributed by atoms with Gasteiger partial charge >= 0.3 is 5.69 Å². The lowest BCUT2D eigenvalue weighted by Gasteiger charge is -2.13. The first-order valence-corrected chi connectivity index (χ1v) is 7.84. The van der Waals surface area contributed by atoms with Crippen LogP contribution in [0.5, 0.6) is 0 Å².